The smallest absolute Gasteiger partial charge is 0.379 e. The molecule has 2 aromatic rings. The molecule has 0 atom stereocenters. The Morgan fingerprint density at radius 3 is 2.50 bits per heavy atom. The number of carbonyl (C=O) groups is 3. The molecule has 3 rings (SSSR count). The van der Waals surface area contributed by atoms with Gasteiger partial charge in [-0.1, -0.05) is 6.07 Å². The highest BCUT2D eigenvalue weighted by Gasteiger charge is 2.25. The Morgan fingerprint density at radius 2 is 1.88 bits per heavy atom. The minimum Gasteiger partial charge on any atom is -0.493 e. The minimum absolute atomic E-state index is 0.0461. The highest BCUT2D eigenvalue weighted by Crippen LogP contribution is 2.30. The van der Waals surface area contributed by atoms with Crippen LogP contribution in [0, 0.1) is 0 Å². The summed E-state index contributed by atoms with van der Waals surface area (Å²) in [5, 5.41) is 4.64. The van der Waals surface area contributed by atoms with Gasteiger partial charge >= 0.3 is 5.97 Å². The largest absolute Gasteiger partial charge is 0.493 e. The van der Waals surface area contributed by atoms with Crippen LogP contribution in [0.3, 0.4) is 0 Å². The van der Waals surface area contributed by atoms with E-state index in [4.69, 9.17) is 26.1 Å². The van der Waals surface area contributed by atoms with Gasteiger partial charge in [-0.25, -0.2) is 4.79 Å². The molecule has 1 fully saturated rings. The van der Waals surface area contributed by atoms with Gasteiger partial charge in [-0.3, -0.25) is 20.2 Å². The number of esters is 1. The van der Waals surface area contributed by atoms with Gasteiger partial charge in [0, 0.05) is 0 Å². The molecule has 2 N–H and O–H groups in total. The van der Waals surface area contributed by atoms with E-state index in [9.17, 15) is 14.4 Å². The molecule has 132 valence electrons. The van der Waals surface area contributed by atoms with E-state index in [0.717, 1.165) is 0 Å². The van der Waals surface area contributed by atoms with E-state index in [1.54, 1.807) is 12.1 Å². The van der Waals surface area contributed by atoms with Gasteiger partial charge in [-0.2, -0.15) is 0 Å². The summed E-state index contributed by atoms with van der Waals surface area (Å²) in [6.07, 6.45) is 2.72. The summed E-state index contributed by atoms with van der Waals surface area (Å²) in [5.74, 6) is -1.44. The molecule has 1 aromatic carbocycles. The standard InChI is InChI=1S/C17H12N2O6S/c1-23-13-8-9(7-10-14(20)18-17(26)19-15(10)21)4-5-11(13)25-16(22)12-3-2-6-24-12/h2-8H,1H3,(H2,18,19,20,21,26). The van der Waals surface area contributed by atoms with Crippen molar-refractivity contribution in [3.8, 4) is 11.5 Å². The first-order chi connectivity index (χ1) is 12.5. The molecular formula is C17H12N2O6S. The van der Waals surface area contributed by atoms with Crippen LogP contribution in [-0.4, -0.2) is 30.0 Å². The van der Waals surface area contributed by atoms with Crippen LogP contribution in [0.15, 0.2) is 46.6 Å². The predicted molar refractivity (Wildman–Crippen MR) is 93.5 cm³/mol. The number of benzene rings is 1. The summed E-state index contributed by atoms with van der Waals surface area (Å²) in [6, 6.07) is 7.60. The van der Waals surface area contributed by atoms with Crippen molar-refractivity contribution in [3.05, 3.63) is 53.5 Å². The zero-order valence-corrected chi connectivity index (χ0v) is 14.2. The quantitative estimate of drug-likeness (QED) is 0.275. The van der Waals surface area contributed by atoms with Crippen molar-refractivity contribution in [1.29, 1.82) is 0 Å². The molecule has 0 saturated carbocycles. The Balaban J connectivity index is 1.86. The maximum atomic E-state index is 12.0. The van der Waals surface area contributed by atoms with E-state index in [1.807, 2.05) is 0 Å². The van der Waals surface area contributed by atoms with Gasteiger partial charge in [0.25, 0.3) is 11.8 Å². The van der Waals surface area contributed by atoms with Crippen LogP contribution in [0.2, 0.25) is 0 Å². The first kappa shape index (κ1) is 17.4. The predicted octanol–water partition coefficient (Wildman–Crippen LogP) is 1.42. The molecule has 2 heterocycles. The van der Waals surface area contributed by atoms with Crippen LogP contribution in [0.4, 0.5) is 0 Å². The maximum absolute atomic E-state index is 12.0. The second-order valence-corrected chi connectivity index (χ2v) is 5.48. The Labute approximate surface area is 152 Å². The lowest BCUT2D eigenvalue weighted by molar-refractivity contribution is -0.123. The Morgan fingerprint density at radius 1 is 1.15 bits per heavy atom. The van der Waals surface area contributed by atoms with Crippen LogP contribution in [0.25, 0.3) is 6.08 Å². The Kier molecular flexibility index (Phi) is 4.81. The van der Waals surface area contributed by atoms with Crippen LogP contribution >= 0.6 is 12.2 Å². The van der Waals surface area contributed by atoms with Crippen LogP contribution in [-0.2, 0) is 9.59 Å². The van der Waals surface area contributed by atoms with Gasteiger partial charge in [0.05, 0.1) is 13.4 Å². The van der Waals surface area contributed by atoms with Crippen molar-refractivity contribution in [2.75, 3.05) is 7.11 Å². The fourth-order valence-electron chi connectivity index (χ4n) is 2.18. The highest BCUT2D eigenvalue weighted by atomic mass is 32.1. The van der Waals surface area contributed by atoms with Gasteiger partial charge in [0.15, 0.2) is 16.6 Å². The average molecular weight is 372 g/mol. The topological polar surface area (TPSA) is 107 Å². The highest BCUT2D eigenvalue weighted by molar-refractivity contribution is 7.80. The fourth-order valence-corrected chi connectivity index (χ4v) is 2.36. The summed E-state index contributed by atoms with van der Waals surface area (Å²) < 4.78 is 15.4. The SMILES string of the molecule is COc1cc(C=C2C(=O)NC(=S)NC2=O)ccc1OC(=O)c1ccco1. The van der Waals surface area contributed by atoms with Crippen molar-refractivity contribution in [2.45, 2.75) is 0 Å². The molecule has 1 aromatic heterocycles. The number of hydrogen-bond acceptors (Lipinski definition) is 7. The van der Waals surface area contributed by atoms with E-state index < -0.39 is 17.8 Å². The lowest BCUT2D eigenvalue weighted by atomic mass is 10.1. The molecule has 1 aliphatic rings. The number of rotatable bonds is 4. The lowest BCUT2D eigenvalue weighted by Crippen LogP contribution is -2.51. The summed E-state index contributed by atoms with van der Waals surface area (Å²) in [4.78, 5) is 35.7. The van der Waals surface area contributed by atoms with Crippen molar-refractivity contribution < 1.29 is 28.3 Å². The van der Waals surface area contributed by atoms with Gasteiger partial charge in [-0.05, 0) is 48.1 Å². The number of amides is 2. The Bertz CT molecular complexity index is 911. The monoisotopic (exact) mass is 372 g/mol. The second-order valence-electron chi connectivity index (χ2n) is 5.07. The van der Waals surface area contributed by atoms with E-state index in [0.29, 0.717) is 5.56 Å². The van der Waals surface area contributed by atoms with Crippen molar-refractivity contribution in [2.24, 2.45) is 0 Å². The van der Waals surface area contributed by atoms with Crippen molar-refractivity contribution in [3.63, 3.8) is 0 Å². The average Bonchev–Trinajstić information content (AvgIpc) is 3.13. The molecule has 0 radical (unpaired) electrons. The first-order valence-corrected chi connectivity index (χ1v) is 7.71. The number of nitrogens with one attached hydrogen (secondary N) is 2. The molecule has 0 unspecified atom stereocenters. The van der Waals surface area contributed by atoms with Crippen LogP contribution in [0.1, 0.15) is 16.1 Å². The van der Waals surface area contributed by atoms with Crippen LogP contribution in [0.5, 0.6) is 11.5 Å². The molecule has 0 aliphatic carbocycles. The third-order valence-electron chi connectivity index (χ3n) is 3.37. The van der Waals surface area contributed by atoms with Gasteiger partial charge in [0.1, 0.15) is 5.57 Å². The zero-order chi connectivity index (χ0) is 18.7. The minimum atomic E-state index is -0.682. The van der Waals surface area contributed by atoms with Gasteiger partial charge in [0.2, 0.25) is 5.76 Å². The number of ether oxygens (including phenoxy) is 2. The molecule has 1 saturated heterocycles. The first-order valence-electron chi connectivity index (χ1n) is 7.30. The van der Waals surface area contributed by atoms with E-state index in [2.05, 4.69) is 10.6 Å². The third kappa shape index (κ3) is 3.62. The molecular weight excluding hydrogens is 360 g/mol. The fraction of sp³-hybridized carbons (Fsp3) is 0.0588. The number of carbonyl (C=O) groups excluding carboxylic acids is 3. The van der Waals surface area contributed by atoms with Crippen molar-refractivity contribution >= 4 is 41.2 Å². The molecule has 26 heavy (non-hydrogen) atoms. The zero-order valence-electron chi connectivity index (χ0n) is 13.4. The third-order valence-corrected chi connectivity index (χ3v) is 3.57. The Hall–Kier alpha value is -3.46. The number of furan rings is 1. The van der Waals surface area contributed by atoms with E-state index >= 15 is 0 Å². The molecule has 9 heteroatoms. The molecule has 8 nitrogen and oxygen atoms in total. The summed E-state index contributed by atoms with van der Waals surface area (Å²) in [6.45, 7) is 0. The molecule has 1 aliphatic heterocycles. The molecule has 2 amide bonds. The van der Waals surface area contributed by atoms with Gasteiger partial charge < -0.3 is 13.9 Å². The van der Waals surface area contributed by atoms with E-state index in [1.165, 1.54) is 37.6 Å². The van der Waals surface area contributed by atoms with E-state index in [-0.39, 0.29) is 27.9 Å². The van der Waals surface area contributed by atoms with Crippen molar-refractivity contribution in [1.82, 2.24) is 10.6 Å². The number of thiocarbonyl (C=S) groups is 1. The van der Waals surface area contributed by atoms with Crippen LogP contribution < -0.4 is 20.1 Å². The summed E-state index contributed by atoms with van der Waals surface area (Å²) in [5.41, 5.74) is 0.383. The second kappa shape index (κ2) is 7.19. The number of methoxy groups -OCH3 is 1. The summed E-state index contributed by atoms with van der Waals surface area (Å²) >= 11 is 4.74. The summed E-state index contributed by atoms with van der Waals surface area (Å²) in [7, 11) is 1.40. The number of hydrogen-bond donors (Lipinski definition) is 2. The lowest BCUT2D eigenvalue weighted by Gasteiger charge is -2.16. The normalized spacial score (nSPS) is 13.7. The molecule has 0 bridgehead atoms. The molecule has 0 spiro atoms. The van der Waals surface area contributed by atoms with Gasteiger partial charge in [-0.15, -0.1) is 0 Å². The maximum Gasteiger partial charge on any atom is 0.379 e.